The van der Waals surface area contributed by atoms with Crippen LogP contribution in [0.3, 0.4) is 0 Å². The second-order valence-corrected chi connectivity index (χ2v) is 8.97. The first-order valence-corrected chi connectivity index (χ1v) is 9.64. The van der Waals surface area contributed by atoms with Crippen molar-refractivity contribution in [1.82, 2.24) is 15.1 Å². The molecule has 3 fully saturated rings. The molecule has 1 aromatic heterocycles. The summed E-state index contributed by atoms with van der Waals surface area (Å²) in [4.78, 5) is 2.49. The number of H-pyrrole nitrogens is 1. The summed E-state index contributed by atoms with van der Waals surface area (Å²) in [6, 6.07) is 10.1. The van der Waals surface area contributed by atoms with E-state index in [4.69, 9.17) is 4.74 Å². The smallest absolute Gasteiger partial charge is 0.162 e. The molecule has 6 rings (SSSR count). The number of piperidine rings is 2. The summed E-state index contributed by atoms with van der Waals surface area (Å²) in [5.41, 5.74) is 2.71. The fraction of sp³-hybridized carbons (Fsp3) is 0.409. The van der Waals surface area contributed by atoms with Gasteiger partial charge in [-0.3, -0.25) is 10.00 Å². The third kappa shape index (κ3) is 3.15. The highest BCUT2D eigenvalue weighted by molar-refractivity contribution is 5.78. The monoisotopic (exact) mass is 383 g/mol. The maximum absolute atomic E-state index is 13.4. The van der Waals surface area contributed by atoms with Gasteiger partial charge in [-0.25, -0.2) is 8.78 Å². The zero-order chi connectivity index (χ0) is 19.4. The van der Waals surface area contributed by atoms with Gasteiger partial charge in [0.1, 0.15) is 5.75 Å². The first kappa shape index (κ1) is 17.6. The van der Waals surface area contributed by atoms with Crippen LogP contribution in [0.1, 0.15) is 25.3 Å². The van der Waals surface area contributed by atoms with E-state index in [1.165, 1.54) is 11.6 Å². The van der Waals surface area contributed by atoms with Crippen molar-refractivity contribution in [2.45, 2.75) is 26.3 Å². The summed E-state index contributed by atoms with van der Waals surface area (Å²) in [6.45, 7) is 5.78. The molecule has 3 heterocycles. The highest BCUT2D eigenvalue weighted by Crippen LogP contribution is 2.58. The highest BCUT2D eigenvalue weighted by atomic mass is 19.2. The summed E-state index contributed by atoms with van der Waals surface area (Å²) in [5.74, 6) is -1.32. The van der Waals surface area contributed by atoms with Gasteiger partial charge >= 0.3 is 0 Å². The van der Waals surface area contributed by atoms with Crippen LogP contribution in [0.4, 0.5) is 8.78 Å². The van der Waals surface area contributed by atoms with Crippen LogP contribution in [0, 0.1) is 22.5 Å². The minimum Gasteiger partial charge on any atom is -0.493 e. The highest BCUT2D eigenvalue weighted by Gasteiger charge is 2.57. The standard InChI is InChI=1S/C22H23F2N3O/c1-21-10-22(11-21,14-28-17-3-4-18(23)19(24)7-17)13-27(12-21)9-15-2-5-20-16(6-15)8-25-26-20/h2-8H,9-14H2,1H3,(H,25,26). The minimum absolute atomic E-state index is 0.0810. The fourth-order valence-corrected chi connectivity index (χ4v) is 5.46. The van der Waals surface area contributed by atoms with Crippen molar-refractivity contribution in [2.75, 3.05) is 19.7 Å². The van der Waals surface area contributed by atoms with Crippen molar-refractivity contribution in [1.29, 1.82) is 0 Å². The van der Waals surface area contributed by atoms with E-state index in [0.717, 1.165) is 55.5 Å². The largest absolute Gasteiger partial charge is 0.493 e. The van der Waals surface area contributed by atoms with E-state index < -0.39 is 11.6 Å². The molecular formula is C22H23F2N3O. The molecule has 0 unspecified atom stereocenters. The molecule has 3 aliphatic rings. The van der Waals surface area contributed by atoms with Crippen LogP contribution in [-0.4, -0.2) is 34.8 Å². The molecule has 1 saturated carbocycles. The van der Waals surface area contributed by atoms with Gasteiger partial charge in [0.15, 0.2) is 11.6 Å². The van der Waals surface area contributed by atoms with Crippen molar-refractivity contribution in [3.05, 3.63) is 59.8 Å². The average Bonchev–Trinajstić information content (AvgIpc) is 3.09. The van der Waals surface area contributed by atoms with E-state index in [2.05, 4.69) is 40.2 Å². The Morgan fingerprint density at radius 1 is 1.11 bits per heavy atom. The molecule has 1 aliphatic carbocycles. The third-order valence-electron chi connectivity index (χ3n) is 6.11. The Kier molecular flexibility index (Phi) is 3.95. The zero-order valence-corrected chi connectivity index (χ0v) is 15.8. The number of benzene rings is 2. The topological polar surface area (TPSA) is 41.2 Å². The van der Waals surface area contributed by atoms with Crippen LogP contribution in [0.5, 0.6) is 5.75 Å². The van der Waals surface area contributed by atoms with Crippen LogP contribution in [0.2, 0.25) is 0 Å². The van der Waals surface area contributed by atoms with E-state index in [1.807, 2.05) is 6.20 Å². The van der Waals surface area contributed by atoms with Crippen molar-refractivity contribution in [3.63, 3.8) is 0 Å². The number of nitrogens with one attached hydrogen (secondary N) is 1. The quantitative estimate of drug-likeness (QED) is 0.704. The predicted octanol–water partition coefficient (Wildman–Crippen LogP) is 4.52. The van der Waals surface area contributed by atoms with Crippen molar-refractivity contribution < 1.29 is 13.5 Å². The SMILES string of the molecule is CC12CN(Cc3ccc4[nH]ncc4c3)CC(COc3ccc(F)c(F)c3)(C1)C2. The fourth-order valence-electron chi connectivity index (χ4n) is 5.46. The second kappa shape index (κ2) is 6.27. The normalized spacial score (nSPS) is 27.0. The molecule has 0 amide bonds. The first-order valence-electron chi connectivity index (χ1n) is 9.64. The summed E-state index contributed by atoms with van der Waals surface area (Å²) in [5, 5.41) is 8.20. The van der Waals surface area contributed by atoms with Gasteiger partial charge in [0, 0.05) is 36.5 Å². The summed E-state index contributed by atoms with van der Waals surface area (Å²) in [6.07, 6.45) is 4.08. The molecule has 0 spiro atoms. The molecule has 2 saturated heterocycles. The summed E-state index contributed by atoms with van der Waals surface area (Å²) < 4.78 is 32.4. The van der Waals surface area contributed by atoms with Crippen LogP contribution in [0.15, 0.2) is 42.6 Å². The zero-order valence-electron chi connectivity index (χ0n) is 15.8. The van der Waals surface area contributed by atoms with Gasteiger partial charge in [-0.15, -0.1) is 0 Å². The maximum atomic E-state index is 13.4. The first-order chi connectivity index (χ1) is 13.4. The lowest BCUT2D eigenvalue weighted by Gasteiger charge is -2.62. The average molecular weight is 383 g/mol. The van der Waals surface area contributed by atoms with Gasteiger partial charge in [0.25, 0.3) is 0 Å². The van der Waals surface area contributed by atoms with Gasteiger partial charge in [0.05, 0.1) is 18.3 Å². The molecule has 4 nitrogen and oxygen atoms in total. The molecule has 3 aromatic rings. The van der Waals surface area contributed by atoms with E-state index in [1.54, 1.807) is 0 Å². The van der Waals surface area contributed by atoms with E-state index in [0.29, 0.717) is 17.8 Å². The van der Waals surface area contributed by atoms with Crippen LogP contribution < -0.4 is 4.74 Å². The summed E-state index contributed by atoms with van der Waals surface area (Å²) in [7, 11) is 0. The molecule has 2 aromatic carbocycles. The molecule has 1 N–H and O–H groups in total. The number of aromatic nitrogens is 2. The number of ether oxygens (including phenoxy) is 1. The molecule has 6 heteroatoms. The third-order valence-corrected chi connectivity index (χ3v) is 6.11. The predicted molar refractivity (Wildman–Crippen MR) is 103 cm³/mol. The van der Waals surface area contributed by atoms with Gasteiger partial charge in [-0.2, -0.15) is 5.10 Å². The molecule has 0 atom stereocenters. The van der Waals surface area contributed by atoms with Crippen molar-refractivity contribution in [3.8, 4) is 5.75 Å². The van der Waals surface area contributed by atoms with Gasteiger partial charge in [-0.05, 0) is 48.1 Å². The molecule has 2 aliphatic heterocycles. The number of halogens is 2. The number of fused-ring (bicyclic) bond motifs is 3. The van der Waals surface area contributed by atoms with Gasteiger partial charge < -0.3 is 4.74 Å². The number of nitrogens with zero attached hydrogens (tertiary/aromatic N) is 2. The van der Waals surface area contributed by atoms with E-state index >= 15 is 0 Å². The Bertz CT molecular complexity index is 1030. The van der Waals surface area contributed by atoms with Crippen molar-refractivity contribution >= 4 is 10.9 Å². The van der Waals surface area contributed by atoms with Gasteiger partial charge in [0.2, 0.25) is 0 Å². The molecular weight excluding hydrogens is 360 g/mol. The molecule has 0 radical (unpaired) electrons. The Balaban J connectivity index is 1.27. The van der Waals surface area contributed by atoms with Crippen LogP contribution in [-0.2, 0) is 6.54 Å². The number of hydrogen-bond donors (Lipinski definition) is 1. The lowest BCUT2D eigenvalue weighted by Crippen LogP contribution is -2.63. The van der Waals surface area contributed by atoms with Crippen LogP contribution >= 0.6 is 0 Å². The Hall–Kier alpha value is -2.47. The Labute approximate surface area is 162 Å². The second-order valence-electron chi connectivity index (χ2n) is 8.97. The Morgan fingerprint density at radius 2 is 1.96 bits per heavy atom. The number of hydrogen-bond acceptors (Lipinski definition) is 3. The van der Waals surface area contributed by atoms with E-state index in [9.17, 15) is 8.78 Å². The number of rotatable bonds is 5. The minimum atomic E-state index is -0.867. The van der Waals surface area contributed by atoms with E-state index in [-0.39, 0.29) is 5.41 Å². The lowest BCUT2D eigenvalue weighted by atomic mass is 9.51. The molecule has 146 valence electrons. The Morgan fingerprint density at radius 3 is 2.79 bits per heavy atom. The number of aromatic amines is 1. The van der Waals surface area contributed by atoms with Gasteiger partial charge in [-0.1, -0.05) is 13.0 Å². The summed E-state index contributed by atoms with van der Waals surface area (Å²) >= 11 is 0. The molecule has 28 heavy (non-hydrogen) atoms. The van der Waals surface area contributed by atoms with Crippen LogP contribution in [0.25, 0.3) is 10.9 Å². The van der Waals surface area contributed by atoms with Crippen molar-refractivity contribution in [2.24, 2.45) is 10.8 Å². The lowest BCUT2D eigenvalue weighted by molar-refractivity contribution is -0.144. The maximum Gasteiger partial charge on any atom is 0.162 e. The molecule has 2 bridgehead atoms.